The Morgan fingerprint density at radius 1 is 0.875 bits per heavy atom. The van der Waals surface area contributed by atoms with Crippen LogP contribution in [0.4, 0.5) is 0 Å². The van der Waals surface area contributed by atoms with Crippen LogP contribution in [0.25, 0.3) is 0 Å². The van der Waals surface area contributed by atoms with Crippen LogP contribution in [0.3, 0.4) is 0 Å². The largest absolute Gasteiger partial charge is 0.341 e. The first kappa shape index (κ1) is 14.6. The molecule has 4 rings (SSSR count). The van der Waals surface area contributed by atoms with Crippen LogP contribution < -0.4 is 5.32 Å². The number of carbonyl (C=O) groups excluding carboxylic acids is 1. The third-order valence-electron chi connectivity index (χ3n) is 4.60. The van der Waals surface area contributed by atoms with E-state index in [0.29, 0.717) is 5.56 Å². The molecule has 0 saturated heterocycles. The van der Waals surface area contributed by atoms with Crippen LogP contribution in [0.5, 0.6) is 0 Å². The number of pyridine rings is 1. The van der Waals surface area contributed by atoms with Crippen molar-refractivity contribution in [2.45, 2.75) is 18.9 Å². The molecule has 1 heterocycles. The summed E-state index contributed by atoms with van der Waals surface area (Å²) in [5.74, 6) is -0.0976. The number of hydrogen-bond donors (Lipinski definition) is 1. The second-order valence-electron chi connectivity index (χ2n) is 6.05. The molecule has 3 aromatic rings. The van der Waals surface area contributed by atoms with E-state index in [4.69, 9.17) is 0 Å². The predicted molar refractivity (Wildman–Crippen MR) is 93.8 cm³/mol. The van der Waals surface area contributed by atoms with Crippen molar-refractivity contribution in [3.8, 4) is 0 Å². The van der Waals surface area contributed by atoms with Gasteiger partial charge in [-0.2, -0.15) is 0 Å². The van der Waals surface area contributed by atoms with Gasteiger partial charge in [-0.1, -0.05) is 48.5 Å². The standard InChI is InChI=1S/C21H18N2O/c24-21(17-8-5-13-22-14-17)23-20-18-9-3-1-6-15(18)11-12-16-7-2-4-10-19(16)20/h1-10,13-14,20H,11-12H2,(H,23,24). The van der Waals surface area contributed by atoms with Crippen LogP contribution in [0, 0.1) is 0 Å². The number of fused-ring (bicyclic) bond motifs is 2. The fourth-order valence-electron chi connectivity index (χ4n) is 3.39. The van der Waals surface area contributed by atoms with Gasteiger partial charge in [0, 0.05) is 12.4 Å². The van der Waals surface area contributed by atoms with E-state index < -0.39 is 0 Å². The Kier molecular flexibility index (Phi) is 3.83. The Morgan fingerprint density at radius 3 is 2.08 bits per heavy atom. The average molecular weight is 314 g/mol. The molecule has 1 aliphatic rings. The molecule has 24 heavy (non-hydrogen) atoms. The number of hydrogen-bond acceptors (Lipinski definition) is 2. The number of nitrogens with zero attached hydrogens (tertiary/aromatic N) is 1. The second-order valence-corrected chi connectivity index (χ2v) is 6.05. The van der Waals surface area contributed by atoms with Gasteiger partial charge in [-0.15, -0.1) is 0 Å². The molecule has 0 fully saturated rings. The monoisotopic (exact) mass is 314 g/mol. The molecule has 0 saturated carbocycles. The lowest BCUT2D eigenvalue weighted by Crippen LogP contribution is -2.30. The Balaban J connectivity index is 1.77. The molecular formula is C21H18N2O. The van der Waals surface area contributed by atoms with Gasteiger partial charge in [0.15, 0.2) is 0 Å². The zero-order valence-electron chi connectivity index (χ0n) is 13.3. The van der Waals surface area contributed by atoms with Crippen molar-refractivity contribution in [2.24, 2.45) is 0 Å². The lowest BCUT2D eigenvalue weighted by atomic mass is 9.94. The first-order chi connectivity index (χ1) is 11.8. The normalized spacial score (nSPS) is 13.5. The van der Waals surface area contributed by atoms with E-state index in [0.717, 1.165) is 12.8 Å². The molecule has 0 bridgehead atoms. The zero-order valence-corrected chi connectivity index (χ0v) is 13.3. The van der Waals surface area contributed by atoms with Crippen LogP contribution >= 0.6 is 0 Å². The zero-order chi connectivity index (χ0) is 16.4. The summed E-state index contributed by atoms with van der Waals surface area (Å²) >= 11 is 0. The molecule has 2 aromatic carbocycles. The topological polar surface area (TPSA) is 42.0 Å². The van der Waals surface area contributed by atoms with E-state index in [1.807, 2.05) is 12.1 Å². The Morgan fingerprint density at radius 2 is 1.50 bits per heavy atom. The van der Waals surface area contributed by atoms with Gasteiger partial charge >= 0.3 is 0 Å². The Labute approximate surface area is 141 Å². The smallest absolute Gasteiger partial charge is 0.253 e. The Hall–Kier alpha value is -2.94. The molecule has 3 nitrogen and oxygen atoms in total. The maximum absolute atomic E-state index is 12.7. The van der Waals surface area contributed by atoms with E-state index in [2.05, 4.69) is 46.7 Å². The lowest BCUT2D eigenvalue weighted by molar-refractivity contribution is 0.0942. The van der Waals surface area contributed by atoms with Crippen molar-refractivity contribution >= 4 is 5.91 Å². The molecule has 0 radical (unpaired) electrons. The van der Waals surface area contributed by atoms with E-state index in [-0.39, 0.29) is 11.9 Å². The molecule has 1 amide bonds. The molecular weight excluding hydrogens is 296 g/mol. The summed E-state index contributed by atoms with van der Waals surface area (Å²) in [5.41, 5.74) is 5.53. The quantitative estimate of drug-likeness (QED) is 0.783. The van der Waals surface area contributed by atoms with Crippen LogP contribution in [0.1, 0.15) is 38.7 Å². The van der Waals surface area contributed by atoms with Gasteiger partial charge in [0.1, 0.15) is 0 Å². The SMILES string of the molecule is O=C(NC1c2ccccc2CCc2ccccc21)c1cccnc1. The molecule has 1 aliphatic carbocycles. The number of aryl methyl sites for hydroxylation is 2. The minimum atomic E-state index is -0.132. The van der Waals surface area contributed by atoms with Gasteiger partial charge in [-0.25, -0.2) is 0 Å². The molecule has 0 atom stereocenters. The predicted octanol–water partition coefficient (Wildman–Crippen LogP) is 3.70. The third kappa shape index (κ3) is 2.69. The van der Waals surface area contributed by atoms with E-state index in [1.54, 1.807) is 24.5 Å². The van der Waals surface area contributed by atoms with Crippen LogP contribution in [-0.4, -0.2) is 10.9 Å². The summed E-state index contributed by atoms with van der Waals surface area (Å²) in [6, 6.07) is 20.2. The fourth-order valence-corrected chi connectivity index (χ4v) is 3.39. The highest BCUT2D eigenvalue weighted by Gasteiger charge is 2.25. The van der Waals surface area contributed by atoms with E-state index in [1.165, 1.54) is 22.3 Å². The maximum atomic E-state index is 12.7. The fraction of sp³-hybridized carbons (Fsp3) is 0.143. The van der Waals surface area contributed by atoms with Crippen molar-refractivity contribution < 1.29 is 4.79 Å². The summed E-state index contributed by atoms with van der Waals surface area (Å²) in [6.07, 6.45) is 5.26. The van der Waals surface area contributed by atoms with Crippen molar-refractivity contribution in [3.63, 3.8) is 0 Å². The van der Waals surface area contributed by atoms with Crippen molar-refractivity contribution in [3.05, 3.63) is 101 Å². The number of amides is 1. The van der Waals surface area contributed by atoms with Gasteiger partial charge in [-0.05, 0) is 47.2 Å². The van der Waals surface area contributed by atoms with Crippen molar-refractivity contribution in [2.75, 3.05) is 0 Å². The molecule has 0 unspecified atom stereocenters. The minimum absolute atomic E-state index is 0.0976. The first-order valence-corrected chi connectivity index (χ1v) is 8.19. The van der Waals surface area contributed by atoms with Crippen LogP contribution in [-0.2, 0) is 12.8 Å². The highest BCUT2D eigenvalue weighted by Crippen LogP contribution is 2.32. The molecule has 0 spiro atoms. The molecule has 0 aliphatic heterocycles. The van der Waals surface area contributed by atoms with E-state index >= 15 is 0 Å². The highest BCUT2D eigenvalue weighted by atomic mass is 16.1. The number of nitrogens with one attached hydrogen (secondary N) is 1. The summed E-state index contributed by atoms with van der Waals surface area (Å²) in [5, 5.41) is 3.21. The van der Waals surface area contributed by atoms with Crippen molar-refractivity contribution in [1.29, 1.82) is 0 Å². The van der Waals surface area contributed by atoms with Crippen LogP contribution in [0.2, 0.25) is 0 Å². The summed E-state index contributed by atoms with van der Waals surface area (Å²) in [4.78, 5) is 16.7. The summed E-state index contributed by atoms with van der Waals surface area (Å²) in [7, 11) is 0. The third-order valence-corrected chi connectivity index (χ3v) is 4.60. The number of aromatic nitrogens is 1. The van der Waals surface area contributed by atoms with E-state index in [9.17, 15) is 4.79 Å². The molecule has 1 aromatic heterocycles. The van der Waals surface area contributed by atoms with Crippen LogP contribution in [0.15, 0.2) is 73.1 Å². The summed E-state index contributed by atoms with van der Waals surface area (Å²) in [6.45, 7) is 0. The van der Waals surface area contributed by atoms with Crippen molar-refractivity contribution in [1.82, 2.24) is 10.3 Å². The molecule has 3 heteroatoms. The Bertz CT molecular complexity index is 826. The van der Waals surface area contributed by atoms with Gasteiger partial charge in [-0.3, -0.25) is 9.78 Å². The second kappa shape index (κ2) is 6.28. The van der Waals surface area contributed by atoms with Gasteiger partial charge in [0.2, 0.25) is 0 Å². The maximum Gasteiger partial charge on any atom is 0.253 e. The first-order valence-electron chi connectivity index (χ1n) is 8.19. The molecule has 118 valence electrons. The number of carbonyl (C=O) groups is 1. The van der Waals surface area contributed by atoms with Gasteiger partial charge < -0.3 is 5.32 Å². The number of rotatable bonds is 2. The minimum Gasteiger partial charge on any atom is -0.341 e. The average Bonchev–Trinajstić information content (AvgIpc) is 2.80. The summed E-state index contributed by atoms with van der Waals surface area (Å²) < 4.78 is 0. The molecule has 1 N–H and O–H groups in total. The highest BCUT2D eigenvalue weighted by molar-refractivity contribution is 5.94. The number of benzene rings is 2. The van der Waals surface area contributed by atoms with Gasteiger partial charge in [0.25, 0.3) is 5.91 Å². The lowest BCUT2D eigenvalue weighted by Gasteiger charge is -2.22. The van der Waals surface area contributed by atoms with Gasteiger partial charge in [0.05, 0.1) is 11.6 Å².